The van der Waals surface area contributed by atoms with Gasteiger partial charge >= 0.3 is 0 Å². The summed E-state index contributed by atoms with van der Waals surface area (Å²) in [4.78, 5) is 4.32. The van der Waals surface area contributed by atoms with Gasteiger partial charge in [-0.25, -0.2) is 4.40 Å². The predicted octanol–water partition coefficient (Wildman–Crippen LogP) is 2.63. The number of aromatic nitrogens is 4. The van der Waals surface area contributed by atoms with Crippen molar-refractivity contribution in [3.05, 3.63) is 28.5 Å². The molecule has 17 heavy (non-hydrogen) atoms. The average molecular weight is 268 g/mol. The Morgan fingerprint density at radius 3 is 2.82 bits per heavy atom. The molecule has 5 nitrogen and oxygen atoms in total. The third kappa shape index (κ3) is 1.50. The molecule has 2 aromatic heterocycles. The Kier molecular flexibility index (Phi) is 2.31. The van der Waals surface area contributed by atoms with E-state index >= 15 is 0 Å². The molecule has 0 unspecified atom stereocenters. The fourth-order valence-corrected chi connectivity index (χ4v) is 2.15. The number of anilines is 1. The van der Waals surface area contributed by atoms with Crippen LogP contribution in [0.5, 0.6) is 0 Å². The van der Waals surface area contributed by atoms with Crippen LogP contribution >= 0.6 is 23.2 Å². The Bertz CT molecular complexity index is 721. The van der Waals surface area contributed by atoms with Gasteiger partial charge in [-0.05, 0) is 29.8 Å². The first-order valence-corrected chi connectivity index (χ1v) is 5.64. The molecule has 1 N–H and O–H groups in total. The van der Waals surface area contributed by atoms with Gasteiger partial charge in [0.05, 0.1) is 5.52 Å². The number of halogens is 2. The lowest BCUT2D eigenvalue weighted by molar-refractivity contribution is 1.10. The maximum atomic E-state index is 6.00. The Labute approximate surface area is 106 Å². The van der Waals surface area contributed by atoms with Crippen LogP contribution in [0.2, 0.25) is 10.3 Å². The molecule has 0 bridgehead atoms. The predicted molar refractivity (Wildman–Crippen MR) is 67.9 cm³/mol. The van der Waals surface area contributed by atoms with E-state index in [1.807, 2.05) is 12.1 Å². The summed E-state index contributed by atoms with van der Waals surface area (Å²) in [7, 11) is 1.80. The minimum absolute atomic E-state index is 0.266. The number of nitrogens with zero attached hydrogens (tertiary/aromatic N) is 4. The second-order valence-electron chi connectivity index (χ2n) is 3.48. The topological polar surface area (TPSA) is 55.1 Å². The second-order valence-corrected chi connectivity index (χ2v) is 4.25. The Hall–Kier alpha value is -1.59. The van der Waals surface area contributed by atoms with Crippen molar-refractivity contribution in [2.75, 3.05) is 12.4 Å². The van der Waals surface area contributed by atoms with Gasteiger partial charge in [0.2, 0.25) is 5.28 Å². The Balaban J connectivity index is 2.59. The van der Waals surface area contributed by atoms with Gasteiger partial charge in [0.25, 0.3) is 5.78 Å². The van der Waals surface area contributed by atoms with Gasteiger partial charge in [0.1, 0.15) is 5.82 Å². The summed E-state index contributed by atoms with van der Waals surface area (Å²) in [6.07, 6.45) is 0. The van der Waals surface area contributed by atoms with Crippen LogP contribution in [-0.4, -0.2) is 26.6 Å². The van der Waals surface area contributed by atoms with E-state index < -0.39 is 0 Å². The quantitative estimate of drug-likeness (QED) is 0.737. The minimum atomic E-state index is 0.266. The number of nitrogens with one attached hydrogen (secondary N) is 1. The molecule has 86 valence electrons. The summed E-state index contributed by atoms with van der Waals surface area (Å²) in [5.41, 5.74) is 0.821. The van der Waals surface area contributed by atoms with E-state index in [1.165, 1.54) is 0 Å². The first kappa shape index (κ1) is 10.6. The molecule has 0 atom stereocenters. The molecule has 3 rings (SSSR count). The monoisotopic (exact) mass is 267 g/mol. The number of rotatable bonds is 1. The van der Waals surface area contributed by atoms with E-state index in [1.54, 1.807) is 17.5 Å². The first-order chi connectivity index (χ1) is 8.20. The van der Waals surface area contributed by atoms with E-state index in [0.717, 1.165) is 10.9 Å². The van der Waals surface area contributed by atoms with Crippen LogP contribution < -0.4 is 5.32 Å². The minimum Gasteiger partial charge on any atom is -0.372 e. The summed E-state index contributed by atoms with van der Waals surface area (Å²) < 4.78 is 1.66. The highest BCUT2D eigenvalue weighted by atomic mass is 35.5. The summed E-state index contributed by atoms with van der Waals surface area (Å²) in [5.74, 6) is 1.15. The van der Waals surface area contributed by atoms with Crippen LogP contribution in [0.25, 0.3) is 16.7 Å². The summed E-state index contributed by atoms with van der Waals surface area (Å²) in [6.45, 7) is 0. The highest BCUT2D eigenvalue weighted by Crippen LogP contribution is 2.26. The normalized spacial score (nSPS) is 11.2. The number of fused-ring (bicyclic) bond motifs is 3. The second kappa shape index (κ2) is 3.72. The molecule has 0 saturated heterocycles. The van der Waals surface area contributed by atoms with E-state index in [0.29, 0.717) is 16.6 Å². The summed E-state index contributed by atoms with van der Waals surface area (Å²) >= 11 is 12.0. The molecule has 0 radical (unpaired) electrons. The van der Waals surface area contributed by atoms with Crippen molar-refractivity contribution < 1.29 is 0 Å². The Morgan fingerprint density at radius 2 is 2.06 bits per heavy atom. The van der Waals surface area contributed by atoms with Crippen molar-refractivity contribution in [2.45, 2.75) is 0 Å². The van der Waals surface area contributed by atoms with Crippen LogP contribution in [0.4, 0.5) is 5.82 Å². The molecule has 3 aromatic rings. The summed E-state index contributed by atoms with van der Waals surface area (Å²) in [5, 5.41) is 12.5. The molecule has 0 aliphatic heterocycles. The van der Waals surface area contributed by atoms with Gasteiger partial charge in [0.15, 0.2) is 0 Å². The van der Waals surface area contributed by atoms with Gasteiger partial charge in [-0.15, -0.1) is 10.2 Å². The number of benzene rings is 1. The van der Waals surface area contributed by atoms with Crippen LogP contribution in [0.15, 0.2) is 18.2 Å². The van der Waals surface area contributed by atoms with Crippen LogP contribution in [0.1, 0.15) is 0 Å². The van der Waals surface area contributed by atoms with Crippen LogP contribution in [0.3, 0.4) is 0 Å². The van der Waals surface area contributed by atoms with Gasteiger partial charge in [0, 0.05) is 17.5 Å². The lowest BCUT2D eigenvalue weighted by atomic mass is 10.2. The molecule has 2 heterocycles. The molecule has 7 heteroatoms. The summed E-state index contributed by atoms with van der Waals surface area (Å²) in [6, 6.07) is 5.49. The van der Waals surface area contributed by atoms with Crippen molar-refractivity contribution in [1.82, 2.24) is 19.6 Å². The fourth-order valence-electron chi connectivity index (χ4n) is 1.78. The molecule has 0 amide bonds. The molecule has 1 aromatic carbocycles. The smallest absolute Gasteiger partial charge is 0.258 e. The number of hydrogen-bond acceptors (Lipinski definition) is 4. The zero-order valence-electron chi connectivity index (χ0n) is 8.78. The van der Waals surface area contributed by atoms with Crippen molar-refractivity contribution in [3.63, 3.8) is 0 Å². The van der Waals surface area contributed by atoms with Crippen molar-refractivity contribution in [3.8, 4) is 0 Å². The van der Waals surface area contributed by atoms with Crippen LogP contribution in [-0.2, 0) is 0 Å². The Morgan fingerprint density at radius 1 is 1.24 bits per heavy atom. The zero-order chi connectivity index (χ0) is 12.0. The van der Waals surface area contributed by atoms with E-state index in [9.17, 15) is 0 Å². The highest BCUT2D eigenvalue weighted by Gasteiger charge is 2.12. The van der Waals surface area contributed by atoms with Gasteiger partial charge < -0.3 is 5.32 Å². The molecule has 0 aliphatic carbocycles. The molecular formula is C10H7Cl2N5. The largest absolute Gasteiger partial charge is 0.372 e. The molecule has 0 aliphatic rings. The maximum Gasteiger partial charge on any atom is 0.258 e. The average Bonchev–Trinajstić information content (AvgIpc) is 2.70. The third-order valence-electron chi connectivity index (χ3n) is 2.51. The van der Waals surface area contributed by atoms with E-state index in [4.69, 9.17) is 23.2 Å². The SMILES string of the molecule is CNc1nc2nnc(Cl)n2c2cc(Cl)ccc12. The van der Waals surface area contributed by atoms with Crippen LogP contribution in [0, 0.1) is 0 Å². The molecule has 0 saturated carbocycles. The molecule has 0 fully saturated rings. The first-order valence-electron chi connectivity index (χ1n) is 4.88. The maximum absolute atomic E-state index is 6.00. The number of hydrogen-bond donors (Lipinski definition) is 1. The molecular weight excluding hydrogens is 261 g/mol. The lowest BCUT2D eigenvalue weighted by Gasteiger charge is -2.07. The van der Waals surface area contributed by atoms with E-state index in [-0.39, 0.29) is 5.28 Å². The fraction of sp³-hybridized carbons (Fsp3) is 0.100. The standard InChI is InChI=1S/C10H7Cl2N5/c1-13-8-6-3-2-5(11)4-7(6)17-9(12)15-16-10(17)14-8/h2-4H,1H3,(H,13,14,16). The lowest BCUT2D eigenvalue weighted by Crippen LogP contribution is -1.99. The van der Waals surface area contributed by atoms with Gasteiger partial charge in [-0.1, -0.05) is 11.6 Å². The van der Waals surface area contributed by atoms with Crippen molar-refractivity contribution >= 4 is 45.7 Å². The van der Waals surface area contributed by atoms with Crippen molar-refractivity contribution in [2.24, 2.45) is 0 Å². The van der Waals surface area contributed by atoms with Crippen molar-refractivity contribution in [1.29, 1.82) is 0 Å². The highest BCUT2D eigenvalue weighted by molar-refractivity contribution is 6.31. The van der Waals surface area contributed by atoms with Gasteiger partial charge in [-0.3, -0.25) is 0 Å². The molecule has 0 spiro atoms. The van der Waals surface area contributed by atoms with Gasteiger partial charge in [-0.2, -0.15) is 4.98 Å². The zero-order valence-corrected chi connectivity index (χ0v) is 10.3. The third-order valence-corrected chi connectivity index (χ3v) is 2.99. The van der Waals surface area contributed by atoms with E-state index in [2.05, 4.69) is 20.5 Å².